The predicted molar refractivity (Wildman–Crippen MR) is 80.8 cm³/mol. The Morgan fingerprint density at radius 2 is 1.94 bits per heavy atom. The van der Waals surface area contributed by atoms with Crippen LogP contribution in [0.3, 0.4) is 0 Å². The molecule has 0 aromatic heterocycles. The minimum absolute atomic E-state index is 0.131. The lowest BCUT2D eigenvalue weighted by Gasteiger charge is -2.13. The van der Waals surface area contributed by atoms with Gasteiger partial charge in [0.1, 0.15) is 5.75 Å². The van der Waals surface area contributed by atoms with E-state index in [0.29, 0.717) is 16.8 Å². The highest BCUT2D eigenvalue weighted by Gasteiger charge is 2.08. The Balaban J connectivity index is 2.27. The lowest BCUT2D eigenvalue weighted by molar-refractivity contribution is 0.344. The molecule has 0 bridgehead atoms. The van der Waals surface area contributed by atoms with Gasteiger partial charge in [-0.05, 0) is 45.0 Å². The summed E-state index contributed by atoms with van der Waals surface area (Å²) in [6.07, 6.45) is 0. The second kappa shape index (κ2) is 6.90. The van der Waals surface area contributed by atoms with Crippen molar-refractivity contribution in [2.45, 2.75) is 26.3 Å². The maximum absolute atomic E-state index is 5.80. The van der Waals surface area contributed by atoms with E-state index in [1.54, 1.807) is 12.1 Å². The first-order chi connectivity index (χ1) is 8.37. The molecule has 0 saturated carbocycles. The number of thioether (sulfide) groups is 1. The fraction of sp³-hybridized carbons (Fsp3) is 0.462. The van der Waals surface area contributed by atoms with E-state index < -0.39 is 0 Å². The van der Waals surface area contributed by atoms with Crippen molar-refractivity contribution in [3.8, 4) is 5.75 Å². The zero-order valence-electron chi connectivity index (χ0n) is 10.9. The molecule has 100 valence electrons. The van der Waals surface area contributed by atoms with Crippen LogP contribution in [0, 0.1) is 0 Å². The van der Waals surface area contributed by atoms with Gasteiger partial charge in [-0.3, -0.25) is 4.99 Å². The molecule has 0 aliphatic carbocycles. The Bertz CT molecular complexity index is 398. The monoisotopic (exact) mass is 286 g/mol. The summed E-state index contributed by atoms with van der Waals surface area (Å²) in [7, 11) is 0. The SMILES string of the molecule is CC(C)(C)N=C(N)SCCOc1ccc(Cl)cc1. The van der Waals surface area contributed by atoms with Gasteiger partial charge in [0.05, 0.1) is 12.1 Å². The summed E-state index contributed by atoms with van der Waals surface area (Å²) in [4.78, 5) is 4.35. The first-order valence-electron chi connectivity index (χ1n) is 5.73. The summed E-state index contributed by atoms with van der Waals surface area (Å²) in [5, 5.41) is 1.31. The van der Waals surface area contributed by atoms with E-state index in [1.165, 1.54) is 11.8 Å². The van der Waals surface area contributed by atoms with Crippen LogP contribution in [0.25, 0.3) is 0 Å². The largest absolute Gasteiger partial charge is 0.493 e. The van der Waals surface area contributed by atoms with Crippen molar-refractivity contribution in [2.24, 2.45) is 10.7 Å². The summed E-state index contributed by atoms with van der Waals surface area (Å²) >= 11 is 7.29. The van der Waals surface area contributed by atoms with Crippen molar-refractivity contribution in [2.75, 3.05) is 12.4 Å². The van der Waals surface area contributed by atoms with Crippen LogP contribution in [0.1, 0.15) is 20.8 Å². The molecule has 0 fully saturated rings. The standard InChI is InChI=1S/C13H19ClN2OS/c1-13(2,3)16-12(15)18-9-8-17-11-6-4-10(14)5-7-11/h4-7H,8-9H2,1-3H3,(H2,15,16). The highest BCUT2D eigenvalue weighted by Crippen LogP contribution is 2.16. The smallest absolute Gasteiger partial charge is 0.154 e. The highest BCUT2D eigenvalue weighted by molar-refractivity contribution is 8.13. The maximum atomic E-state index is 5.80. The van der Waals surface area contributed by atoms with E-state index in [1.807, 2.05) is 32.9 Å². The zero-order valence-corrected chi connectivity index (χ0v) is 12.5. The Morgan fingerprint density at radius 1 is 1.33 bits per heavy atom. The molecule has 18 heavy (non-hydrogen) atoms. The predicted octanol–water partition coefficient (Wildman–Crippen LogP) is 3.57. The number of halogens is 1. The molecule has 1 aromatic rings. The van der Waals surface area contributed by atoms with Crippen LogP contribution in [0.5, 0.6) is 5.75 Å². The summed E-state index contributed by atoms with van der Waals surface area (Å²) in [6, 6.07) is 7.30. The van der Waals surface area contributed by atoms with Gasteiger partial charge in [-0.2, -0.15) is 0 Å². The quantitative estimate of drug-likeness (QED) is 0.523. The number of nitrogens with two attached hydrogens (primary N) is 1. The van der Waals surface area contributed by atoms with Gasteiger partial charge >= 0.3 is 0 Å². The van der Waals surface area contributed by atoms with E-state index in [-0.39, 0.29) is 5.54 Å². The molecule has 2 N–H and O–H groups in total. The van der Waals surface area contributed by atoms with E-state index in [4.69, 9.17) is 22.1 Å². The first-order valence-corrected chi connectivity index (χ1v) is 7.10. The number of amidine groups is 1. The summed E-state index contributed by atoms with van der Waals surface area (Å²) in [5.41, 5.74) is 5.67. The van der Waals surface area contributed by atoms with E-state index in [9.17, 15) is 0 Å². The lowest BCUT2D eigenvalue weighted by atomic mass is 10.1. The normalized spacial score (nSPS) is 12.6. The summed E-state index contributed by atoms with van der Waals surface area (Å²) in [5.74, 6) is 1.58. The molecule has 0 radical (unpaired) electrons. The van der Waals surface area contributed by atoms with Crippen molar-refractivity contribution < 1.29 is 4.74 Å². The fourth-order valence-corrected chi connectivity index (χ4v) is 2.04. The van der Waals surface area contributed by atoms with Crippen LogP contribution in [0.2, 0.25) is 5.02 Å². The van der Waals surface area contributed by atoms with Crippen molar-refractivity contribution >= 4 is 28.5 Å². The van der Waals surface area contributed by atoms with Crippen LogP contribution in [0.4, 0.5) is 0 Å². The van der Waals surface area contributed by atoms with Crippen LogP contribution in [0.15, 0.2) is 29.3 Å². The first kappa shape index (κ1) is 15.2. The molecule has 0 amide bonds. The van der Waals surface area contributed by atoms with Gasteiger partial charge in [-0.25, -0.2) is 0 Å². The molecule has 1 rings (SSSR count). The molecule has 0 unspecified atom stereocenters. The number of benzene rings is 1. The maximum Gasteiger partial charge on any atom is 0.154 e. The minimum atomic E-state index is -0.131. The van der Waals surface area contributed by atoms with Gasteiger partial charge in [0.15, 0.2) is 5.17 Å². The van der Waals surface area contributed by atoms with Crippen molar-refractivity contribution in [3.63, 3.8) is 0 Å². The Labute approximate surface area is 118 Å². The molecule has 0 spiro atoms. The Hall–Kier alpha value is -0.870. The minimum Gasteiger partial charge on any atom is -0.493 e. The van der Waals surface area contributed by atoms with Gasteiger partial charge in [0.25, 0.3) is 0 Å². The summed E-state index contributed by atoms with van der Waals surface area (Å²) in [6.45, 7) is 6.65. The van der Waals surface area contributed by atoms with Gasteiger partial charge in [-0.1, -0.05) is 23.4 Å². The molecule has 0 heterocycles. The molecule has 0 aliphatic heterocycles. The van der Waals surface area contributed by atoms with Crippen molar-refractivity contribution in [3.05, 3.63) is 29.3 Å². The Kier molecular flexibility index (Phi) is 5.82. The molecular weight excluding hydrogens is 268 g/mol. The van der Waals surface area contributed by atoms with Gasteiger partial charge < -0.3 is 10.5 Å². The third-order valence-electron chi connectivity index (χ3n) is 1.86. The zero-order chi connectivity index (χ0) is 13.6. The van der Waals surface area contributed by atoms with Gasteiger partial charge in [0, 0.05) is 10.8 Å². The van der Waals surface area contributed by atoms with Crippen molar-refractivity contribution in [1.82, 2.24) is 0 Å². The lowest BCUT2D eigenvalue weighted by Crippen LogP contribution is -2.18. The topological polar surface area (TPSA) is 47.6 Å². The van der Waals surface area contributed by atoms with E-state index >= 15 is 0 Å². The number of ether oxygens (including phenoxy) is 1. The molecule has 1 aromatic carbocycles. The van der Waals surface area contributed by atoms with Gasteiger partial charge in [-0.15, -0.1) is 0 Å². The van der Waals surface area contributed by atoms with Crippen LogP contribution >= 0.6 is 23.4 Å². The number of rotatable bonds is 4. The highest BCUT2D eigenvalue weighted by atomic mass is 35.5. The number of hydrogen-bond acceptors (Lipinski definition) is 3. The Morgan fingerprint density at radius 3 is 2.50 bits per heavy atom. The molecule has 5 heteroatoms. The average Bonchev–Trinajstić information content (AvgIpc) is 2.24. The molecule has 0 aliphatic rings. The third-order valence-corrected chi connectivity index (χ3v) is 2.87. The molecule has 0 atom stereocenters. The van der Waals surface area contributed by atoms with Crippen molar-refractivity contribution in [1.29, 1.82) is 0 Å². The second-order valence-corrected chi connectivity index (χ2v) is 6.32. The van der Waals surface area contributed by atoms with Crippen LogP contribution < -0.4 is 10.5 Å². The van der Waals surface area contributed by atoms with E-state index in [0.717, 1.165) is 11.5 Å². The van der Waals surface area contributed by atoms with Gasteiger partial charge in [0.2, 0.25) is 0 Å². The second-order valence-electron chi connectivity index (χ2n) is 4.77. The summed E-state index contributed by atoms with van der Waals surface area (Å²) < 4.78 is 5.55. The number of hydrogen-bond donors (Lipinski definition) is 1. The molecule has 0 saturated heterocycles. The number of aliphatic imine (C=N–C) groups is 1. The number of nitrogens with zero attached hydrogens (tertiary/aromatic N) is 1. The fourth-order valence-electron chi connectivity index (χ4n) is 1.20. The van der Waals surface area contributed by atoms with Crippen LogP contribution in [-0.4, -0.2) is 23.1 Å². The molecule has 3 nitrogen and oxygen atoms in total. The third kappa shape index (κ3) is 6.77. The van der Waals surface area contributed by atoms with Crippen LogP contribution in [-0.2, 0) is 0 Å². The van der Waals surface area contributed by atoms with E-state index in [2.05, 4.69) is 4.99 Å². The average molecular weight is 287 g/mol. The molecular formula is C13H19ClN2OS.